The van der Waals surface area contributed by atoms with Crippen molar-refractivity contribution in [3.8, 4) is 23.0 Å². The first-order valence-corrected chi connectivity index (χ1v) is 20.4. The number of amidine groups is 2. The zero-order chi connectivity index (χ0) is 39.2. The number of rotatable bonds is 17. The quantitative estimate of drug-likeness (QED) is 0.104. The molecule has 0 saturated carbocycles. The topological polar surface area (TPSA) is 85.7 Å². The van der Waals surface area contributed by atoms with Crippen LogP contribution in [0.25, 0.3) is 0 Å². The summed E-state index contributed by atoms with van der Waals surface area (Å²) in [5.74, 6) is 4.89. The van der Waals surface area contributed by atoms with Crippen LogP contribution in [0, 0.1) is 0 Å². The van der Waals surface area contributed by atoms with Gasteiger partial charge in [0, 0.05) is 22.2 Å². The summed E-state index contributed by atoms with van der Waals surface area (Å²) in [6, 6.07) is 28.4. The second-order valence-electron chi connectivity index (χ2n) is 13.7. The molecule has 0 radical (unpaired) electrons. The zero-order valence-corrected chi connectivity index (χ0v) is 34.6. The Labute approximate surface area is 337 Å². The van der Waals surface area contributed by atoms with Crippen molar-refractivity contribution in [2.75, 3.05) is 27.4 Å². The molecule has 2 aliphatic rings. The Kier molecular flexibility index (Phi) is 16.0. The molecule has 4 atom stereocenters. The molecule has 0 amide bonds. The van der Waals surface area contributed by atoms with Gasteiger partial charge in [-0.05, 0) is 86.3 Å². The second-order valence-corrected chi connectivity index (χ2v) is 14.6. The van der Waals surface area contributed by atoms with Gasteiger partial charge in [0.1, 0.15) is 34.7 Å². The molecule has 294 valence electrons. The fourth-order valence-corrected chi connectivity index (χ4v) is 7.22. The smallest absolute Gasteiger partial charge is 0.133 e. The minimum Gasteiger partial charge on any atom is -0.497 e. The highest BCUT2D eigenvalue weighted by Gasteiger charge is 2.32. The van der Waals surface area contributed by atoms with Gasteiger partial charge in [-0.1, -0.05) is 93.4 Å². The molecule has 4 aromatic carbocycles. The van der Waals surface area contributed by atoms with Gasteiger partial charge in [-0.15, -0.1) is 0 Å². The third-order valence-electron chi connectivity index (χ3n) is 9.84. The molecule has 10 heteroatoms. The van der Waals surface area contributed by atoms with Crippen LogP contribution in [0.1, 0.15) is 107 Å². The van der Waals surface area contributed by atoms with E-state index in [1.54, 1.807) is 14.2 Å². The third kappa shape index (κ3) is 11.1. The fourth-order valence-electron chi connectivity index (χ4n) is 6.97. The van der Waals surface area contributed by atoms with E-state index in [0.717, 1.165) is 81.5 Å². The average molecular weight is 788 g/mol. The Hall–Kier alpha value is -4.40. The van der Waals surface area contributed by atoms with Gasteiger partial charge < -0.3 is 29.6 Å². The molecular weight excluding hydrogens is 731 g/mol. The summed E-state index contributed by atoms with van der Waals surface area (Å²) < 4.78 is 22.4. The van der Waals surface area contributed by atoms with Crippen molar-refractivity contribution in [2.24, 2.45) is 9.98 Å². The van der Waals surface area contributed by atoms with Crippen molar-refractivity contribution >= 4 is 34.9 Å². The number of hydrogen-bond donors (Lipinski definition) is 2. The molecule has 0 aromatic heterocycles. The van der Waals surface area contributed by atoms with E-state index >= 15 is 0 Å². The predicted octanol–water partition coefficient (Wildman–Crippen LogP) is 11.2. The van der Waals surface area contributed by atoms with Crippen LogP contribution in [0.5, 0.6) is 23.0 Å². The molecule has 0 saturated heterocycles. The maximum atomic E-state index is 6.09. The van der Waals surface area contributed by atoms with Gasteiger partial charge in [0.05, 0.1) is 62.7 Å². The van der Waals surface area contributed by atoms with E-state index in [1.807, 2.05) is 74.5 Å². The van der Waals surface area contributed by atoms with E-state index < -0.39 is 0 Å². The lowest BCUT2D eigenvalue weighted by atomic mass is 9.96. The van der Waals surface area contributed by atoms with Crippen molar-refractivity contribution in [3.05, 3.63) is 117 Å². The highest BCUT2D eigenvalue weighted by atomic mass is 35.5. The van der Waals surface area contributed by atoms with E-state index in [2.05, 4.69) is 48.7 Å². The molecule has 4 unspecified atom stereocenters. The molecule has 0 fully saturated rings. The highest BCUT2D eigenvalue weighted by molar-refractivity contribution is 6.30. The summed E-state index contributed by atoms with van der Waals surface area (Å²) >= 11 is 12.2. The van der Waals surface area contributed by atoms with Crippen molar-refractivity contribution in [1.29, 1.82) is 0 Å². The van der Waals surface area contributed by atoms with Crippen LogP contribution in [-0.4, -0.2) is 51.2 Å². The van der Waals surface area contributed by atoms with Crippen LogP contribution < -0.4 is 29.6 Å². The van der Waals surface area contributed by atoms with Crippen LogP contribution in [0.15, 0.2) is 94.9 Å². The first-order valence-electron chi connectivity index (χ1n) is 19.6. The number of methoxy groups -OCH3 is 2. The summed E-state index contributed by atoms with van der Waals surface area (Å²) in [4.78, 5) is 10.1. The largest absolute Gasteiger partial charge is 0.497 e. The first-order chi connectivity index (χ1) is 26.8. The minimum absolute atomic E-state index is 0.0698. The van der Waals surface area contributed by atoms with Gasteiger partial charge in [0.25, 0.3) is 0 Å². The van der Waals surface area contributed by atoms with Crippen LogP contribution in [0.2, 0.25) is 10.0 Å². The molecule has 0 aliphatic carbocycles. The summed E-state index contributed by atoms with van der Waals surface area (Å²) in [7, 11) is 3.32. The molecule has 6 rings (SSSR count). The number of benzene rings is 4. The Bertz CT molecular complexity index is 1870. The lowest BCUT2D eigenvalue weighted by Crippen LogP contribution is -2.32. The van der Waals surface area contributed by atoms with Gasteiger partial charge in [0.2, 0.25) is 0 Å². The fraction of sp³-hybridized carbons (Fsp3) is 0.422. The van der Waals surface area contributed by atoms with E-state index in [1.165, 1.54) is 30.4 Å². The van der Waals surface area contributed by atoms with Crippen LogP contribution in [-0.2, 0) is 0 Å². The Balaban J connectivity index is 0.000000211. The predicted molar refractivity (Wildman–Crippen MR) is 227 cm³/mol. The molecule has 2 heterocycles. The normalized spacial score (nSPS) is 18.6. The van der Waals surface area contributed by atoms with Crippen LogP contribution in [0.4, 0.5) is 0 Å². The first kappa shape index (κ1) is 41.8. The Morgan fingerprint density at radius 1 is 0.545 bits per heavy atom. The van der Waals surface area contributed by atoms with Gasteiger partial charge in [0.15, 0.2) is 0 Å². The average Bonchev–Trinajstić information content (AvgIpc) is 3.83. The number of ether oxygens (including phenoxy) is 4. The van der Waals surface area contributed by atoms with Crippen molar-refractivity contribution in [1.82, 2.24) is 10.6 Å². The number of aliphatic imine (C=N–C) groups is 2. The van der Waals surface area contributed by atoms with Crippen molar-refractivity contribution in [3.63, 3.8) is 0 Å². The lowest BCUT2D eigenvalue weighted by Gasteiger charge is -2.19. The summed E-state index contributed by atoms with van der Waals surface area (Å²) in [6.45, 7) is 9.59. The molecule has 2 aliphatic heterocycles. The standard InChI is InChI=1S/C23H29ClN2O2.C22H27ClN2O2/c1-4-6-7-8-20-22(16-9-11-17(24)12-10-16)26-23(25-20)19-14-13-18(27-3)15-21(19)28-5-2;1-4-6-7-19-21(15-8-10-16(23)11-9-15)25-22(24-19)18-13-12-17(26-3)14-20(18)27-5-2/h9-15,20,22H,4-8H2,1-3H3,(H,25,26);8-14,19,21H,4-7H2,1-3H3,(H,24,25). The summed E-state index contributed by atoms with van der Waals surface area (Å²) in [6.07, 6.45) is 8.08. The van der Waals surface area contributed by atoms with Crippen molar-refractivity contribution in [2.45, 2.75) is 96.8 Å². The van der Waals surface area contributed by atoms with E-state index in [-0.39, 0.29) is 24.2 Å². The maximum absolute atomic E-state index is 6.09. The highest BCUT2D eigenvalue weighted by Crippen LogP contribution is 2.35. The van der Waals surface area contributed by atoms with Gasteiger partial charge in [-0.3, -0.25) is 9.98 Å². The van der Waals surface area contributed by atoms with E-state index in [9.17, 15) is 0 Å². The number of nitrogens with one attached hydrogen (secondary N) is 2. The molecule has 55 heavy (non-hydrogen) atoms. The molecule has 2 N–H and O–H groups in total. The number of hydrogen-bond acceptors (Lipinski definition) is 8. The monoisotopic (exact) mass is 786 g/mol. The number of nitrogens with zero attached hydrogens (tertiary/aromatic N) is 2. The Morgan fingerprint density at radius 2 is 0.964 bits per heavy atom. The van der Waals surface area contributed by atoms with E-state index in [4.69, 9.17) is 52.1 Å². The number of halogens is 2. The summed E-state index contributed by atoms with van der Waals surface area (Å²) in [5.41, 5.74) is 4.30. The Morgan fingerprint density at radius 3 is 1.35 bits per heavy atom. The number of unbranched alkanes of at least 4 members (excludes halogenated alkanes) is 3. The van der Waals surface area contributed by atoms with Gasteiger partial charge in [-0.25, -0.2) is 0 Å². The molecule has 8 nitrogen and oxygen atoms in total. The van der Waals surface area contributed by atoms with Crippen LogP contribution in [0.3, 0.4) is 0 Å². The van der Waals surface area contributed by atoms with Crippen molar-refractivity contribution < 1.29 is 18.9 Å². The lowest BCUT2D eigenvalue weighted by molar-refractivity contribution is 0.335. The van der Waals surface area contributed by atoms with Gasteiger partial charge >= 0.3 is 0 Å². The molecule has 4 aromatic rings. The molecular formula is C45H56Cl2N4O4. The molecule has 0 spiro atoms. The maximum Gasteiger partial charge on any atom is 0.133 e. The zero-order valence-electron chi connectivity index (χ0n) is 33.0. The summed E-state index contributed by atoms with van der Waals surface area (Å²) in [5, 5.41) is 8.79. The third-order valence-corrected chi connectivity index (χ3v) is 10.3. The van der Waals surface area contributed by atoms with Crippen LogP contribution >= 0.6 is 23.2 Å². The minimum atomic E-state index is 0.0698. The second kappa shape index (κ2) is 21.1. The SMILES string of the molecule is CCCCC1NC(c2ccc(OC)cc2OCC)=NC1c1ccc(Cl)cc1.CCCCCC1NC(c2ccc(OC)cc2OCC)=NC1c1ccc(Cl)cc1. The van der Waals surface area contributed by atoms with Gasteiger partial charge in [-0.2, -0.15) is 0 Å². The van der Waals surface area contributed by atoms with E-state index in [0.29, 0.717) is 13.2 Å². The molecule has 0 bridgehead atoms.